The van der Waals surface area contributed by atoms with Crippen molar-refractivity contribution in [2.75, 3.05) is 5.32 Å². The fourth-order valence-electron chi connectivity index (χ4n) is 2.42. The number of rotatable bonds is 5. The summed E-state index contributed by atoms with van der Waals surface area (Å²) < 4.78 is 3.65. The molecular weight excluding hydrogens is 326 g/mol. The number of aromatic nitrogens is 4. The molecule has 2 heterocycles. The van der Waals surface area contributed by atoms with Gasteiger partial charge in [-0.3, -0.25) is 9.48 Å². The predicted molar refractivity (Wildman–Crippen MR) is 93.3 cm³/mol. The standard InChI is InChI=1S/C17H18ClN5O/c1-12(10-22-11-14(18)9-20-22)17(24)21-15-3-5-16(6-4-15)23-8-7-19-13(23)2/h3-9,11-12H,10H2,1-2H3,(H,21,24). The van der Waals surface area contributed by atoms with Gasteiger partial charge < -0.3 is 9.88 Å². The number of nitrogens with zero attached hydrogens (tertiary/aromatic N) is 4. The van der Waals surface area contributed by atoms with Gasteiger partial charge in [-0.25, -0.2) is 4.98 Å². The van der Waals surface area contributed by atoms with E-state index in [1.54, 1.807) is 23.3 Å². The summed E-state index contributed by atoms with van der Waals surface area (Å²) in [6.07, 6.45) is 6.92. The molecule has 0 saturated carbocycles. The van der Waals surface area contributed by atoms with Gasteiger partial charge in [-0.1, -0.05) is 18.5 Å². The maximum Gasteiger partial charge on any atom is 0.229 e. The van der Waals surface area contributed by atoms with Gasteiger partial charge >= 0.3 is 0 Å². The van der Waals surface area contributed by atoms with Gasteiger partial charge in [0.05, 0.1) is 23.7 Å². The van der Waals surface area contributed by atoms with Crippen LogP contribution in [0.15, 0.2) is 49.1 Å². The first-order valence-electron chi connectivity index (χ1n) is 7.62. The van der Waals surface area contributed by atoms with Crippen molar-refractivity contribution in [3.63, 3.8) is 0 Å². The smallest absolute Gasteiger partial charge is 0.229 e. The summed E-state index contributed by atoms with van der Waals surface area (Å²) >= 11 is 5.83. The van der Waals surface area contributed by atoms with E-state index in [1.807, 2.05) is 48.9 Å². The first-order chi connectivity index (χ1) is 11.5. The van der Waals surface area contributed by atoms with Gasteiger partial charge in [0.25, 0.3) is 0 Å². The number of imidazole rings is 1. The van der Waals surface area contributed by atoms with Crippen LogP contribution in [0.3, 0.4) is 0 Å². The lowest BCUT2D eigenvalue weighted by molar-refractivity contribution is -0.119. The minimum atomic E-state index is -0.225. The minimum Gasteiger partial charge on any atom is -0.326 e. The predicted octanol–water partition coefficient (Wildman–Crippen LogP) is 3.31. The normalized spacial score (nSPS) is 12.1. The van der Waals surface area contributed by atoms with Crippen molar-refractivity contribution in [2.24, 2.45) is 5.92 Å². The Morgan fingerprint density at radius 2 is 2.08 bits per heavy atom. The van der Waals surface area contributed by atoms with Gasteiger partial charge in [0, 0.05) is 30.0 Å². The first kappa shape index (κ1) is 16.3. The van der Waals surface area contributed by atoms with Gasteiger partial charge in [0.15, 0.2) is 0 Å². The molecule has 24 heavy (non-hydrogen) atoms. The molecule has 1 unspecified atom stereocenters. The quantitative estimate of drug-likeness (QED) is 0.773. The Balaban J connectivity index is 1.63. The second kappa shape index (κ2) is 6.88. The van der Waals surface area contributed by atoms with Crippen molar-refractivity contribution in [3.8, 4) is 5.69 Å². The monoisotopic (exact) mass is 343 g/mol. The molecular formula is C17H18ClN5O. The van der Waals surface area contributed by atoms with Crippen LogP contribution < -0.4 is 5.32 Å². The zero-order valence-corrected chi connectivity index (χ0v) is 14.2. The average Bonchev–Trinajstić information content (AvgIpc) is 3.16. The average molecular weight is 344 g/mol. The number of hydrogen-bond acceptors (Lipinski definition) is 3. The van der Waals surface area contributed by atoms with Crippen molar-refractivity contribution in [1.82, 2.24) is 19.3 Å². The Morgan fingerprint density at radius 1 is 1.33 bits per heavy atom. The summed E-state index contributed by atoms with van der Waals surface area (Å²) in [5, 5.41) is 7.57. The van der Waals surface area contributed by atoms with E-state index in [4.69, 9.17) is 11.6 Å². The van der Waals surface area contributed by atoms with Crippen LogP contribution >= 0.6 is 11.6 Å². The Bertz CT molecular complexity index is 837. The zero-order valence-electron chi connectivity index (χ0n) is 13.5. The van der Waals surface area contributed by atoms with Crippen molar-refractivity contribution in [1.29, 1.82) is 0 Å². The van der Waals surface area contributed by atoms with E-state index < -0.39 is 0 Å². The van der Waals surface area contributed by atoms with Crippen molar-refractivity contribution in [3.05, 3.63) is 59.9 Å². The maximum absolute atomic E-state index is 12.3. The molecule has 0 fully saturated rings. The highest BCUT2D eigenvalue weighted by atomic mass is 35.5. The van der Waals surface area contributed by atoms with E-state index in [0.717, 1.165) is 17.2 Å². The highest BCUT2D eigenvalue weighted by Crippen LogP contribution is 2.16. The Hall–Kier alpha value is -2.60. The number of halogens is 1. The Labute approximate surface area is 145 Å². The molecule has 2 aromatic heterocycles. The number of amides is 1. The van der Waals surface area contributed by atoms with Crippen molar-refractivity contribution >= 4 is 23.2 Å². The van der Waals surface area contributed by atoms with Crippen LogP contribution in [0.1, 0.15) is 12.7 Å². The van der Waals surface area contributed by atoms with Crippen LogP contribution in [-0.4, -0.2) is 25.2 Å². The van der Waals surface area contributed by atoms with Gasteiger partial charge in [0.2, 0.25) is 5.91 Å². The molecule has 0 aliphatic heterocycles. The van der Waals surface area contributed by atoms with E-state index in [2.05, 4.69) is 15.4 Å². The van der Waals surface area contributed by atoms with Crippen molar-refractivity contribution < 1.29 is 4.79 Å². The Kier molecular flexibility index (Phi) is 4.66. The second-order valence-corrected chi connectivity index (χ2v) is 6.10. The molecule has 1 amide bonds. The van der Waals surface area contributed by atoms with Gasteiger partial charge in [-0.05, 0) is 31.2 Å². The van der Waals surface area contributed by atoms with Gasteiger partial charge in [-0.2, -0.15) is 5.10 Å². The van der Waals surface area contributed by atoms with E-state index in [9.17, 15) is 4.79 Å². The molecule has 1 N–H and O–H groups in total. The highest BCUT2D eigenvalue weighted by molar-refractivity contribution is 6.30. The molecule has 0 bridgehead atoms. The molecule has 3 aromatic rings. The largest absolute Gasteiger partial charge is 0.326 e. The molecule has 0 spiro atoms. The van der Waals surface area contributed by atoms with E-state index in [-0.39, 0.29) is 11.8 Å². The van der Waals surface area contributed by atoms with Crippen LogP contribution in [0.4, 0.5) is 5.69 Å². The lowest BCUT2D eigenvalue weighted by Crippen LogP contribution is -2.24. The van der Waals surface area contributed by atoms with Gasteiger partial charge in [0.1, 0.15) is 5.82 Å². The summed E-state index contributed by atoms with van der Waals surface area (Å²) in [5.74, 6) is 0.628. The molecule has 0 radical (unpaired) electrons. The summed E-state index contributed by atoms with van der Waals surface area (Å²) in [6, 6.07) is 7.65. The first-order valence-corrected chi connectivity index (χ1v) is 8.00. The maximum atomic E-state index is 12.3. The third-order valence-corrected chi connectivity index (χ3v) is 3.94. The molecule has 7 heteroatoms. The van der Waals surface area contributed by atoms with E-state index in [1.165, 1.54) is 0 Å². The van der Waals surface area contributed by atoms with Crippen LogP contribution in [-0.2, 0) is 11.3 Å². The topological polar surface area (TPSA) is 64.7 Å². The Morgan fingerprint density at radius 3 is 2.67 bits per heavy atom. The van der Waals surface area contributed by atoms with Gasteiger partial charge in [-0.15, -0.1) is 0 Å². The number of carbonyl (C=O) groups is 1. The molecule has 1 aromatic carbocycles. The SMILES string of the molecule is Cc1nccn1-c1ccc(NC(=O)C(C)Cn2cc(Cl)cn2)cc1. The number of aryl methyl sites for hydroxylation is 1. The molecule has 3 rings (SSSR count). The van der Waals surface area contributed by atoms with Crippen LogP contribution in [0.2, 0.25) is 5.02 Å². The summed E-state index contributed by atoms with van der Waals surface area (Å²) in [4.78, 5) is 16.5. The fraction of sp³-hybridized carbons (Fsp3) is 0.235. The molecule has 0 aliphatic carbocycles. The summed E-state index contributed by atoms with van der Waals surface area (Å²) in [5.41, 5.74) is 1.76. The zero-order chi connectivity index (χ0) is 17.1. The number of nitrogens with one attached hydrogen (secondary N) is 1. The summed E-state index contributed by atoms with van der Waals surface area (Å²) in [6.45, 7) is 4.28. The molecule has 124 valence electrons. The molecule has 0 saturated heterocycles. The summed E-state index contributed by atoms with van der Waals surface area (Å²) in [7, 11) is 0. The molecule has 6 nitrogen and oxygen atoms in total. The second-order valence-electron chi connectivity index (χ2n) is 5.66. The lowest BCUT2D eigenvalue weighted by Gasteiger charge is -2.13. The molecule has 1 atom stereocenters. The lowest BCUT2D eigenvalue weighted by atomic mass is 10.1. The van der Waals surface area contributed by atoms with Crippen molar-refractivity contribution in [2.45, 2.75) is 20.4 Å². The van der Waals surface area contributed by atoms with E-state index >= 15 is 0 Å². The third kappa shape index (κ3) is 3.65. The molecule has 0 aliphatic rings. The number of anilines is 1. The highest BCUT2D eigenvalue weighted by Gasteiger charge is 2.14. The number of benzene rings is 1. The van der Waals surface area contributed by atoms with Crippen LogP contribution in [0.5, 0.6) is 0 Å². The third-order valence-electron chi connectivity index (χ3n) is 3.75. The number of hydrogen-bond donors (Lipinski definition) is 1. The fourth-order valence-corrected chi connectivity index (χ4v) is 2.58. The van der Waals surface area contributed by atoms with E-state index in [0.29, 0.717) is 11.6 Å². The van der Waals surface area contributed by atoms with Crippen LogP contribution in [0.25, 0.3) is 5.69 Å². The minimum absolute atomic E-state index is 0.0619. The number of carbonyl (C=O) groups excluding carboxylic acids is 1. The van der Waals surface area contributed by atoms with Crippen LogP contribution in [0, 0.1) is 12.8 Å².